The van der Waals surface area contributed by atoms with Crippen LogP contribution in [0.5, 0.6) is 0 Å². The van der Waals surface area contributed by atoms with Crippen LogP contribution in [-0.4, -0.2) is 11.6 Å². The van der Waals surface area contributed by atoms with Gasteiger partial charge in [-0.25, -0.2) is 0 Å². The quantitative estimate of drug-likeness (QED) is 0.716. The molecule has 0 radical (unpaired) electrons. The van der Waals surface area contributed by atoms with E-state index in [9.17, 15) is 9.59 Å². The normalized spacial score (nSPS) is 23.8. The minimum atomic E-state index is -0.305. The highest BCUT2D eigenvalue weighted by Crippen LogP contribution is 2.43. The average molecular weight is 251 g/mol. The van der Waals surface area contributed by atoms with Crippen LogP contribution in [0.1, 0.15) is 38.2 Å². The predicted octanol–water partition coefficient (Wildman–Crippen LogP) is 3.38. The Bertz CT molecular complexity index is 460. The van der Waals surface area contributed by atoms with Gasteiger partial charge in [-0.1, -0.05) is 37.6 Å². The molecular weight excluding hydrogens is 236 g/mol. The minimum Gasteiger partial charge on any atom is -0.299 e. The molecule has 1 unspecified atom stereocenters. The number of carbonyl (C=O) groups is 2. The standard InChI is InChI=1S/C14H15ClO2/c1-14(2)8-11(16)7-12(17)13(14)9-3-5-10(15)6-4-9/h3-6,13H,7-8H2,1-2H3. The summed E-state index contributed by atoms with van der Waals surface area (Å²) in [6.45, 7) is 3.95. The third-order valence-corrected chi connectivity index (χ3v) is 3.58. The maximum atomic E-state index is 12.1. The molecule has 1 aromatic carbocycles. The average Bonchev–Trinajstić information content (AvgIpc) is 2.18. The molecule has 2 nitrogen and oxygen atoms in total. The van der Waals surface area contributed by atoms with Crippen LogP contribution in [0.25, 0.3) is 0 Å². The lowest BCUT2D eigenvalue weighted by atomic mass is 9.65. The van der Waals surface area contributed by atoms with Crippen molar-refractivity contribution in [1.82, 2.24) is 0 Å². The van der Waals surface area contributed by atoms with Gasteiger partial charge in [0, 0.05) is 17.4 Å². The first-order valence-corrected chi connectivity index (χ1v) is 6.08. The van der Waals surface area contributed by atoms with Crippen molar-refractivity contribution in [3.63, 3.8) is 0 Å². The van der Waals surface area contributed by atoms with Crippen molar-refractivity contribution >= 4 is 23.2 Å². The molecule has 0 heterocycles. The van der Waals surface area contributed by atoms with Gasteiger partial charge in [-0.15, -0.1) is 0 Å². The van der Waals surface area contributed by atoms with Crippen LogP contribution in [0.4, 0.5) is 0 Å². The van der Waals surface area contributed by atoms with Gasteiger partial charge in [0.15, 0.2) is 0 Å². The molecule has 1 aromatic rings. The first-order chi connectivity index (χ1) is 7.90. The van der Waals surface area contributed by atoms with Crippen LogP contribution >= 0.6 is 11.6 Å². The zero-order valence-corrected chi connectivity index (χ0v) is 10.8. The van der Waals surface area contributed by atoms with E-state index in [4.69, 9.17) is 11.6 Å². The molecule has 0 N–H and O–H groups in total. The molecule has 1 aliphatic carbocycles. The van der Waals surface area contributed by atoms with E-state index in [0.717, 1.165) is 5.56 Å². The Morgan fingerprint density at radius 2 is 1.76 bits per heavy atom. The smallest absolute Gasteiger partial charge is 0.148 e. The van der Waals surface area contributed by atoms with E-state index in [1.165, 1.54) is 0 Å². The second-order valence-corrected chi connectivity index (χ2v) is 5.77. The van der Waals surface area contributed by atoms with Crippen molar-refractivity contribution in [2.75, 3.05) is 0 Å². The highest BCUT2D eigenvalue weighted by atomic mass is 35.5. The van der Waals surface area contributed by atoms with Crippen molar-refractivity contribution in [2.45, 2.75) is 32.6 Å². The fraction of sp³-hybridized carbons (Fsp3) is 0.429. The van der Waals surface area contributed by atoms with Gasteiger partial charge < -0.3 is 0 Å². The predicted molar refractivity (Wildman–Crippen MR) is 67.2 cm³/mol. The summed E-state index contributed by atoms with van der Waals surface area (Å²) < 4.78 is 0. The molecule has 17 heavy (non-hydrogen) atoms. The summed E-state index contributed by atoms with van der Waals surface area (Å²) in [5, 5.41) is 0.658. The van der Waals surface area contributed by atoms with Crippen molar-refractivity contribution in [3.8, 4) is 0 Å². The molecule has 1 atom stereocenters. The third kappa shape index (κ3) is 2.42. The Kier molecular flexibility index (Phi) is 3.09. The maximum Gasteiger partial charge on any atom is 0.148 e. The molecule has 0 bridgehead atoms. The zero-order valence-electron chi connectivity index (χ0n) is 10.00. The van der Waals surface area contributed by atoms with E-state index in [1.807, 2.05) is 26.0 Å². The Hall–Kier alpha value is -1.15. The lowest BCUT2D eigenvalue weighted by molar-refractivity contribution is -0.135. The number of Topliss-reactive ketones (excluding diaryl/α,β-unsaturated/α-hetero) is 2. The van der Waals surface area contributed by atoms with Crippen LogP contribution < -0.4 is 0 Å². The molecule has 0 aliphatic heterocycles. The maximum absolute atomic E-state index is 12.1. The van der Waals surface area contributed by atoms with Gasteiger partial charge in [0.25, 0.3) is 0 Å². The number of hydrogen-bond acceptors (Lipinski definition) is 2. The van der Waals surface area contributed by atoms with Crippen LogP contribution in [-0.2, 0) is 9.59 Å². The molecule has 1 fully saturated rings. The first kappa shape index (κ1) is 12.3. The SMILES string of the molecule is CC1(C)CC(=O)CC(=O)C1c1ccc(Cl)cc1. The number of carbonyl (C=O) groups excluding carboxylic acids is 2. The summed E-state index contributed by atoms with van der Waals surface area (Å²) in [6, 6.07) is 7.33. The molecule has 90 valence electrons. The summed E-state index contributed by atoms with van der Waals surface area (Å²) in [4.78, 5) is 23.5. The molecule has 3 heteroatoms. The first-order valence-electron chi connectivity index (χ1n) is 5.70. The molecule has 0 saturated heterocycles. The number of hydrogen-bond donors (Lipinski definition) is 0. The molecule has 0 spiro atoms. The second-order valence-electron chi connectivity index (χ2n) is 5.33. The number of rotatable bonds is 1. The number of ketones is 2. The lowest BCUT2D eigenvalue weighted by Gasteiger charge is -2.36. The van der Waals surface area contributed by atoms with Gasteiger partial charge in [0.2, 0.25) is 0 Å². The van der Waals surface area contributed by atoms with Crippen LogP contribution in [0.15, 0.2) is 24.3 Å². The van der Waals surface area contributed by atoms with Crippen LogP contribution in [0.3, 0.4) is 0 Å². The van der Waals surface area contributed by atoms with Gasteiger partial charge in [-0.2, -0.15) is 0 Å². The molecule has 0 aromatic heterocycles. The fourth-order valence-electron chi connectivity index (χ4n) is 2.70. The van der Waals surface area contributed by atoms with Gasteiger partial charge in [0.05, 0.1) is 6.42 Å². The van der Waals surface area contributed by atoms with Crippen molar-refractivity contribution in [2.24, 2.45) is 5.41 Å². The summed E-state index contributed by atoms with van der Waals surface area (Å²) in [6.07, 6.45) is 0.531. The monoisotopic (exact) mass is 250 g/mol. The molecule has 2 rings (SSSR count). The van der Waals surface area contributed by atoms with E-state index in [-0.39, 0.29) is 29.3 Å². The fourth-order valence-corrected chi connectivity index (χ4v) is 2.82. The summed E-state index contributed by atoms with van der Waals surface area (Å²) in [5.74, 6) is -0.128. The van der Waals surface area contributed by atoms with E-state index in [1.54, 1.807) is 12.1 Å². The Morgan fingerprint density at radius 3 is 2.29 bits per heavy atom. The Labute approximate surface area is 106 Å². The van der Waals surface area contributed by atoms with E-state index in [2.05, 4.69) is 0 Å². The van der Waals surface area contributed by atoms with E-state index >= 15 is 0 Å². The Morgan fingerprint density at radius 1 is 1.18 bits per heavy atom. The van der Waals surface area contributed by atoms with Crippen molar-refractivity contribution in [3.05, 3.63) is 34.9 Å². The van der Waals surface area contributed by atoms with E-state index < -0.39 is 0 Å². The van der Waals surface area contributed by atoms with Crippen molar-refractivity contribution < 1.29 is 9.59 Å². The topological polar surface area (TPSA) is 34.1 Å². The molecule has 1 aliphatic rings. The summed E-state index contributed by atoms with van der Waals surface area (Å²) in [5.41, 5.74) is 0.650. The summed E-state index contributed by atoms with van der Waals surface area (Å²) >= 11 is 5.84. The Balaban J connectivity index is 2.39. The second kappa shape index (κ2) is 4.26. The largest absolute Gasteiger partial charge is 0.299 e. The minimum absolute atomic E-state index is 0.0218. The van der Waals surface area contributed by atoms with Gasteiger partial charge in [0.1, 0.15) is 11.6 Å². The number of halogens is 1. The van der Waals surface area contributed by atoms with Gasteiger partial charge in [-0.3, -0.25) is 9.59 Å². The lowest BCUT2D eigenvalue weighted by Crippen LogP contribution is -2.37. The molecule has 1 saturated carbocycles. The molecular formula is C14H15ClO2. The molecule has 0 amide bonds. The highest BCUT2D eigenvalue weighted by molar-refractivity contribution is 6.30. The third-order valence-electron chi connectivity index (χ3n) is 3.33. The van der Waals surface area contributed by atoms with Gasteiger partial charge >= 0.3 is 0 Å². The van der Waals surface area contributed by atoms with E-state index in [0.29, 0.717) is 11.4 Å². The zero-order chi connectivity index (χ0) is 12.6. The van der Waals surface area contributed by atoms with Gasteiger partial charge in [-0.05, 0) is 23.1 Å². The highest BCUT2D eigenvalue weighted by Gasteiger charge is 2.42. The van der Waals surface area contributed by atoms with Crippen LogP contribution in [0.2, 0.25) is 5.02 Å². The van der Waals surface area contributed by atoms with Crippen LogP contribution in [0, 0.1) is 5.41 Å². The summed E-state index contributed by atoms with van der Waals surface area (Å²) in [7, 11) is 0. The number of benzene rings is 1. The van der Waals surface area contributed by atoms with Crippen molar-refractivity contribution in [1.29, 1.82) is 0 Å².